The second-order valence-electron chi connectivity index (χ2n) is 6.53. The molecule has 0 nitrogen and oxygen atoms in total. The van der Waals surface area contributed by atoms with Crippen molar-refractivity contribution in [3.05, 3.63) is 60.7 Å². The van der Waals surface area contributed by atoms with Gasteiger partial charge in [-0.25, -0.2) is 0 Å². The molecule has 0 saturated carbocycles. The largest absolute Gasteiger partial charge is 0.173 e. The Morgan fingerprint density at radius 3 is 1.23 bits per heavy atom. The highest BCUT2D eigenvalue weighted by Crippen LogP contribution is 2.17. The lowest BCUT2D eigenvalue weighted by molar-refractivity contribution is 0.735. The smallest absolute Gasteiger partial charge is 0.0656 e. The monoisotopic (exact) mass is 312 g/mol. The van der Waals surface area contributed by atoms with E-state index in [2.05, 4.69) is 95.8 Å². The highest BCUT2D eigenvalue weighted by Gasteiger charge is 1.96. The third kappa shape index (κ3) is 13.8. The number of rotatable bonds is 2. The van der Waals surface area contributed by atoms with E-state index in [0.717, 1.165) is 6.32 Å². The molecular weight excluding hydrogens is 283 g/mol. The van der Waals surface area contributed by atoms with E-state index < -0.39 is 0 Å². The van der Waals surface area contributed by atoms with Crippen LogP contribution in [0.15, 0.2) is 60.7 Å². The average molecular weight is 312 g/mol. The van der Waals surface area contributed by atoms with Crippen LogP contribution in [0.2, 0.25) is 6.32 Å². The summed E-state index contributed by atoms with van der Waals surface area (Å²) in [5, 5.41) is 0. The Kier molecular flexibility index (Phi) is 10.8. The van der Waals surface area contributed by atoms with Crippen molar-refractivity contribution >= 4 is 20.5 Å². The Morgan fingerprint density at radius 2 is 1.05 bits per heavy atom. The van der Waals surface area contributed by atoms with Gasteiger partial charge in [-0.2, -0.15) is 12.6 Å². The first-order valence-electron chi connectivity index (χ1n) is 7.77. The van der Waals surface area contributed by atoms with Gasteiger partial charge in [0.15, 0.2) is 0 Å². The molecule has 22 heavy (non-hydrogen) atoms. The Labute approximate surface area is 144 Å². The van der Waals surface area contributed by atoms with Crippen molar-refractivity contribution in [1.82, 2.24) is 0 Å². The topological polar surface area (TPSA) is 0 Å². The van der Waals surface area contributed by atoms with Crippen molar-refractivity contribution < 1.29 is 0 Å². The number of hydrogen-bond donors (Lipinski definition) is 1. The molecule has 2 radical (unpaired) electrons. The van der Waals surface area contributed by atoms with Crippen LogP contribution in [0, 0.1) is 5.92 Å². The lowest BCUT2D eigenvalue weighted by Gasteiger charge is -2.04. The van der Waals surface area contributed by atoms with Crippen LogP contribution in [0.5, 0.6) is 0 Å². The maximum atomic E-state index is 5.17. The summed E-state index contributed by atoms with van der Waals surface area (Å²) < 4.78 is 0.194. The van der Waals surface area contributed by atoms with Crippen LogP contribution in [0.3, 0.4) is 0 Å². The summed E-state index contributed by atoms with van der Waals surface area (Å²) in [4.78, 5) is 0. The molecule has 0 heterocycles. The predicted molar refractivity (Wildman–Crippen MR) is 106 cm³/mol. The van der Waals surface area contributed by atoms with Crippen molar-refractivity contribution in [2.45, 2.75) is 45.7 Å². The minimum absolute atomic E-state index is 0.194. The lowest BCUT2D eigenvalue weighted by Crippen LogP contribution is -1.99. The normalized spacial score (nSPS) is 10.1. The Morgan fingerprint density at radius 1 is 0.818 bits per heavy atom. The van der Waals surface area contributed by atoms with Crippen LogP contribution in [0.1, 0.15) is 34.6 Å². The first-order valence-corrected chi connectivity index (χ1v) is 8.21. The highest BCUT2D eigenvalue weighted by atomic mass is 32.1. The van der Waals surface area contributed by atoms with Gasteiger partial charge >= 0.3 is 0 Å². The van der Waals surface area contributed by atoms with Gasteiger partial charge in [0, 0.05) is 4.75 Å². The fourth-order valence-electron chi connectivity index (χ4n) is 1.26. The summed E-state index contributed by atoms with van der Waals surface area (Å²) in [5.74, 6) is 0.662. The molecule has 2 aromatic carbocycles. The van der Waals surface area contributed by atoms with Crippen molar-refractivity contribution in [2.24, 2.45) is 5.92 Å². The van der Waals surface area contributed by atoms with Gasteiger partial charge in [-0.05, 0) is 11.1 Å². The van der Waals surface area contributed by atoms with Crippen LogP contribution in [-0.2, 0) is 0 Å². The van der Waals surface area contributed by atoms with Crippen molar-refractivity contribution in [3.63, 3.8) is 0 Å². The summed E-state index contributed by atoms with van der Waals surface area (Å²) in [6.07, 6.45) is 0.806. The number of hydrogen-bond acceptors (Lipinski definition) is 1. The van der Waals surface area contributed by atoms with Crippen molar-refractivity contribution in [2.75, 3.05) is 0 Å². The maximum Gasteiger partial charge on any atom is 0.0656 e. The van der Waals surface area contributed by atoms with Gasteiger partial charge in [-0.1, -0.05) is 108 Å². The van der Waals surface area contributed by atoms with Gasteiger partial charge < -0.3 is 0 Å². The fourth-order valence-corrected chi connectivity index (χ4v) is 1.26. The van der Waals surface area contributed by atoms with Crippen molar-refractivity contribution in [3.8, 4) is 11.1 Å². The SMILES string of the molecule is CC(C)(C)S.[B]CC(C)C.c1ccc(-c2ccccc2)cc1. The molecule has 0 aliphatic carbocycles. The van der Waals surface area contributed by atoms with E-state index >= 15 is 0 Å². The molecule has 0 aliphatic rings. The summed E-state index contributed by atoms with van der Waals surface area (Å²) in [5.41, 5.74) is 2.55. The molecule has 0 saturated heterocycles. The lowest BCUT2D eigenvalue weighted by atomic mass is 9.95. The standard InChI is InChI=1S/C12H10.C4H9B.C4H10S/c1-3-7-11(8-4-1)12-9-5-2-6-10-12;1-4(2)3-5;1-4(2,3)5/h1-10H;4H,3H2,1-2H3;5H,1-3H3. The molecule has 0 fully saturated rings. The van der Waals surface area contributed by atoms with E-state index in [1.165, 1.54) is 11.1 Å². The van der Waals surface area contributed by atoms with E-state index in [-0.39, 0.29) is 4.75 Å². The molecular formula is C20H29BS. The molecule has 2 heteroatoms. The van der Waals surface area contributed by atoms with Gasteiger partial charge in [0.2, 0.25) is 0 Å². The first-order chi connectivity index (χ1) is 10.2. The zero-order valence-corrected chi connectivity index (χ0v) is 15.5. The van der Waals surface area contributed by atoms with E-state index in [9.17, 15) is 0 Å². The van der Waals surface area contributed by atoms with Crippen LogP contribution in [0.25, 0.3) is 11.1 Å². The molecule has 0 bridgehead atoms. The van der Waals surface area contributed by atoms with E-state index in [1.54, 1.807) is 0 Å². The van der Waals surface area contributed by atoms with Crippen molar-refractivity contribution in [1.29, 1.82) is 0 Å². The summed E-state index contributed by atoms with van der Waals surface area (Å²) in [6.45, 7) is 10.3. The zero-order chi connectivity index (χ0) is 17.0. The Balaban J connectivity index is 0.000000372. The molecule has 0 spiro atoms. The summed E-state index contributed by atoms with van der Waals surface area (Å²) in [7, 11) is 5.17. The third-order valence-corrected chi connectivity index (χ3v) is 2.35. The summed E-state index contributed by atoms with van der Waals surface area (Å²) in [6, 6.07) is 20.8. The zero-order valence-electron chi connectivity index (χ0n) is 14.6. The molecule has 2 aromatic rings. The Bertz CT molecular complexity index is 429. The Hall–Kier alpha value is -1.15. The quantitative estimate of drug-likeness (QED) is 0.488. The molecule has 0 amide bonds. The van der Waals surface area contributed by atoms with Gasteiger partial charge in [0.25, 0.3) is 0 Å². The van der Waals surface area contributed by atoms with Crippen LogP contribution >= 0.6 is 12.6 Å². The van der Waals surface area contributed by atoms with Gasteiger partial charge in [0.05, 0.1) is 7.85 Å². The number of benzene rings is 2. The maximum absolute atomic E-state index is 5.17. The van der Waals surface area contributed by atoms with E-state index in [1.807, 2.05) is 12.1 Å². The van der Waals surface area contributed by atoms with Gasteiger partial charge in [-0.15, -0.1) is 0 Å². The third-order valence-electron chi connectivity index (χ3n) is 2.35. The van der Waals surface area contributed by atoms with Crippen LogP contribution in [0.4, 0.5) is 0 Å². The second-order valence-corrected chi connectivity index (χ2v) is 7.87. The predicted octanol–water partition coefficient (Wildman–Crippen LogP) is 6.30. The highest BCUT2D eigenvalue weighted by molar-refractivity contribution is 7.81. The van der Waals surface area contributed by atoms with Gasteiger partial charge in [0.1, 0.15) is 0 Å². The molecule has 0 atom stereocenters. The van der Waals surface area contributed by atoms with Crippen LogP contribution in [-0.4, -0.2) is 12.6 Å². The molecule has 0 N–H and O–H groups in total. The second kappa shape index (κ2) is 11.4. The average Bonchev–Trinajstić information content (AvgIpc) is 2.48. The number of thiol groups is 1. The molecule has 118 valence electrons. The minimum atomic E-state index is 0.194. The molecule has 0 unspecified atom stereocenters. The fraction of sp³-hybridized carbons (Fsp3) is 0.400. The minimum Gasteiger partial charge on any atom is -0.173 e. The molecule has 0 aromatic heterocycles. The van der Waals surface area contributed by atoms with Gasteiger partial charge in [-0.3, -0.25) is 0 Å². The summed E-state index contributed by atoms with van der Waals surface area (Å²) >= 11 is 4.12. The van der Waals surface area contributed by atoms with E-state index in [4.69, 9.17) is 7.85 Å². The molecule has 2 rings (SSSR count). The van der Waals surface area contributed by atoms with Crippen LogP contribution < -0.4 is 0 Å². The molecule has 0 aliphatic heterocycles. The van der Waals surface area contributed by atoms with E-state index in [0.29, 0.717) is 5.92 Å². The first kappa shape index (κ1) is 20.9.